The van der Waals surface area contributed by atoms with Crippen LogP contribution in [0.1, 0.15) is 0 Å². The van der Waals surface area contributed by atoms with Gasteiger partial charge in [0.25, 0.3) is 0 Å². The van der Waals surface area contributed by atoms with Crippen molar-refractivity contribution in [3.8, 4) is 0 Å². The van der Waals surface area contributed by atoms with Crippen LogP contribution in [0.15, 0.2) is 42.5 Å². The zero-order valence-corrected chi connectivity index (χ0v) is 14.2. The van der Waals surface area contributed by atoms with Gasteiger partial charge in [0.05, 0.1) is 0 Å². The number of benzene rings is 2. The average Bonchev–Trinajstić information content (AvgIpc) is 2.46. The van der Waals surface area contributed by atoms with Gasteiger partial charge in [-0.25, -0.2) is 0 Å². The smallest absolute Gasteiger partial charge is 0.228 e. The number of anilines is 1. The Hall–Kier alpha value is -1.27. The summed E-state index contributed by atoms with van der Waals surface area (Å²) >= 11 is 22.5. The first-order valence-electron chi connectivity index (χ1n) is 6.23. The maximum absolute atomic E-state index is 10.6. The van der Waals surface area contributed by atoms with Crippen molar-refractivity contribution < 1.29 is 4.79 Å². The van der Waals surface area contributed by atoms with E-state index in [4.69, 9.17) is 47.0 Å². The van der Waals surface area contributed by atoms with Crippen LogP contribution in [0.3, 0.4) is 0 Å². The van der Waals surface area contributed by atoms with E-state index >= 15 is 0 Å². The molecule has 116 valence electrons. The zero-order valence-electron chi connectivity index (χ0n) is 11.1. The van der Waals surface area contributed by atoms with Gasteiger partial charge in [-0.3, -0.25) is 4.79 Å². The second-order valence-electron chi connectivity index (χ2n) is 4.38. The van der Waals surface area contributed by atoms with Gasteiger partial charge < -0.3 is 16.0 Å². The lowest BCUT2D eigenvalue weighted by atomic mass is 10.1. The lowest BCUT2D eigenvalue weighted by molar-refractivity contribution is -0.110. The Morgan fingerprint density at radius 2 is 1.82 bits per heavy atom. The number of carbonyl (C=O) groups is 1. The summed E-state index contributed by atoms with van der Waals surface area (Å²) in [6.07, 6.45) is -0.523. The van der Waals surface area contributed by atoms with E-state index in [0.717, 1.165) is 16.5 Å². The SMILES string of the molecule is O=CNC(NC(=S)Nc1cccc2ccccc12)C(Cl)(Cl)Cl. The lowest BCUT2D eigenvalue weighted by Crippen LogP contribution is -2.53. The molecule has 2 aromatic carbocycles. The van der Waals surface area contributed by atoms with Crippen molar-refractivity contribution in [2.75, 3.05) is 5.32 Å². The van der Waals surface area contributed by atoms with Crippen LogP contribution in [0.4, 0.5) is 5.69 Å². The fraction of sp³-hybridized carbons (Fsp3) is 0.143. The topological polar surface area (TPSA) is 53.2 Å². The van der Waals surface area contributed by atoms with E-state index in [2.05, 4.69) is 16.0 Å². The molecule has 0 heterocycles. The number of thiocarbonyl (C=S) groups is 1. The summed E-state index contributed by atoms with van der Waals surface area (Å²) in [7, 11) is 0. The predicted octanol–water partition coefficient (Wildman–Crippen LogP) is 3.57. The van der Waals surface area contributed by atoms with Gasteiger partial charge in [0.15, 0.2) is 5.11 Å². The van der Waals surface area contributed by atoms with Gasteiger partial charge in [-0.05, 0) is 23.7 Å². The quantitative estimate of drug-likeness (QED) is 0.330. The number of fused-ring (bicyclic) bond motifs is 1. The van der Waals surface area contributed by atoms with Gasteiger partial charge >= 0.3 is 0 Å². The molecule has 0 saturated heterocycles. The highest BCUT2D eigenvalue weighted by Gasteiger charge is 2.33. The van der Waals surface area contributed by atoms with E-state index in [1.165, 1.54) is 0 Å². The highest BCUT2D eigenvalue weighted by atomic mass is 35.6. The molecule has 0 aliphatic carbocycles. The van der Waals surface area contributed by atoms with Crippen molar-refractivity contribution >= 4 is 75.0 Å². The van der Waals surface area contributed by atoms with Gasteiger partial charge in [-0.1, -0.05) is 71.2 Å². The average molecular weight is 377 g/mol. The fourth-order valence-corrected chi connectivity index (χ4v) is 2.49. The van der Waals surface area contributed by atoms with Crippen LogP contribution in [0.5, 0.6) is 0 Å². The van der Waals surface area contributed by atoms with Crippen LogP contribution < -0.4 is 16.0 Å². The minimum Gasteiger partial charge on any atom is -0.339 e. The molecule has 2 aromatic rings. The molecular formula is C14H12Cl3N3OS. The number of hydrogen-bond acceptors (Lipinski definition) is 2. The molecule has 1 amide bonds. The minimum atomic E-state index is -1.74. The van der Waals surface area contributed by atoms with E-state index in [1.54, 1.807) is 0 Å². The molecule has 0 saturated carbocycles. The van der Waals surface area contributed by atoms with E-state index in [9.17, 15) is 4.79 Å². The van der Waals surface area contributed by atoms with Crippen LogP contribution in [0.25, 0.3) is 10.8 Å². The van der Waals surface area contributed by atoms with Crippen molar-refractivity contribution in [3.05, 3.63) is 42.5 Å². The van der Waals surface area contributed by atoms with E-state index in [-0.39, 0.29) is 5.11 Å². The van der Waals surface area contributed by atoms with Crippen molar-refractivity contribution in [1.29, 1.82) is 0 Å². The van der Waals surface area contributed by atoms with Crippen molar-refractivity contribution in [3.63, 3.8) is 0 Å². The van der Waals surface area contributed by atoms with Crippen LogP contribution in [0, 0.1) is 0 Å². The first-order chi connectivity index (χ1) is 10.4. The standard InChI is InChI=1S/C14H12Cl3N3OS/c15-14(16,17)12(18-8-21)20-13(22)19-11-7-3-5-9-4-1-2-6-10(9)11/h1-8,12H,(H,18,21)(H2,19,20,22). The summed E-state index contributed by atoms with van der Waals surface area (Å²) in [5.74, 6) is 0. The molecule has 0 aliphatic rings. The van der Waals surface area contributed by atoms with E-state index < -0.39 is 9.96 Å². The second kappa shape index (κ2) is 7.33. The number of carbonyl (C=O) groups excluding carboxylic acids is 1. The van der Waals surface area contributed by atoms with Crippen LogP contribution in [0.2, 0.25) is 0 Å². The largest absolute Gasteiger partial charge is 0.339 e. The fourth-order valence-electron chi connectivity index (χ4n) is 1.91. The van der Waals surface area contributed by atoms with Gasteiger partial charge in [-0.15, -0.1) is 0 Å². The Morgan fingerprint density at radius 1 is 1.14 bits per heavy atom. The molecule has 2 rings (SSSR count). The van der Waals surface area contributed by atoms with Gasteiger partial charge in [0.2, 0.25) is 10.2 Å². The molecule has 8 heteroatoms. The monoisotopic (exact) mass is 375 g/mol. The number of alkyl halides is 3. The zero-order chi connectivity index (χ0) is 16.2. The van der Waals surface area contributed by atoms with Crippen molar-refractivity contribution in [2.45, 2.75) is 9.96 Å². The minimum absolute atomic E-state index is 0.224. The van der Waals surface area contributed by atoms with Crippen LogP contribution in [-0.2, 0) is 4.79 Å². The number of hydrogen-bond donors (Lipinski definition) is 3. The van der Waals surface area contributed by atoms with Crippen molar-refractivity contribution in [2.24, 2.45) is 0 Å². The van der Waals surface area contributed by atoms with E-state index in [1.807, 2.05) is 42.5 Å². The molecule has 22 heavy (non-hydrogen) atoms. The lowest BCUT2D eigenvalue weighted by Gasteiger charge is -2.26. The Kier molecular flexibility index (Phi) is 5.69. The van der Waals surface area contributed by atoms with Crippen LogP contribution >= 0.6 is 47.0 Å². The molecule has 0 aliphatic heterocycles. The third-order valence-electron chi connectivity index (χ3n) is 2.88. The summed E-state index contributed by atoms with van der Waals surface area (Å²) in [6, 6.07) is 13.6. The third-order valence-corrected chi connectivity index (χ3v) is 3.75. The molecule has 0 spiro atoms. The first kappa shape index (κ1) is 17.1. The first-order valence-corrected chi connectivity index (χ1v) is 7.77. The number of halogens is 3. The van der Waals surface area contributed by atoms with Gasteiger partial charge in [0, 0.05) is 11.1 Å². The highest BCUT2D eigenvalue weighted by Crippen LogP contribution is 2.29. The van der Waals surface area contributed by atoms with E-state index in [0.29, 0.717) is 6.41 Å². The molecule has 0 fully saturated rings. The second-order valence-corrected chi connectivity index (χ2v) is 7.16. The number of amides is 1. The molecular weight excluding hydrogens is 365 g/mol. The maximum Gasteiger partial charge on any atom is 0.228 e. The Labute approximate surface area is 148 Å². The summed E-state index contributed by atoms with van der Waals surface area (Å²) in [4.78, 5) is 10.6. The molecule has 1 unspecified atom stereocenters. The molecule has 0 bridgehead atoms. The Bertz CT molecular complexity index is 685. The van der Waals surface area contributed by atoms with Gasteiger partial charge in [0.1, 0.15) is 6.17 Å². The summed E-state index contributed by atoms with van der Waals surface area (Å²) in [5, 5.41) is 10.4. The molecule has 3 N–H and O–H groups in total. The summed E-state index contributed by atoms with van der Waals surface area (Å²) in [6.45, 7) is 0. The molecule has 4 nitrogen and oxygen atoms in total. The third kappa shape index (κ3) is 4.36. The molecule has 0 aromatic heterocycles. The maximum atomic E-state index is 10.6. The molecule has 0 radical (unpaired) electrons. The number of rotatable bonds is 4. The molecule has 1 atom stereocenters. The predicted molar refractivity (Wildman–Crippen MR) is 96.6 cm³/mol. The summed E-state index contributed by atoms with van der Waals surface area (Å²) < 4.78 is -1.74. The Morgan fingerprint density at radius 3 is 2.50 bits per heavy atom. The Balaban J connectivity index is 2.15. The van der Waals surface area contributed by atoms with Crippen LogP contribution in [-0.4, -0.2) is 21.5 Å². The van der Waals surface area contributed by atoms with Crippen molar-refractivity contribution in [1.82, 2.24) is 10.6 Å². The highest BCUT2D eigenvalue weighted by molar-refractivity contribution is 7.80. The van der Waals surface area contributed by atoms with Gasteiger partial charge in [-0.2, -0.15) is 0 Å². The normalized spacial score (nSPS) is 12.5. The summed E-state index contributed by atoms with van der Waals surface area (Å²) in [5.41, 5.74) is 0.810. The number of nitrogens with one attached hydrogen (secondary N) is 3.